The fourth-order valence-electron chi connectivity index (χ4n) is 2.65. The number of nitrogens with zero attached hydrogens (tertiary/aromatic N) is 4. The van der Waals surface area contributed by atoms with Crippen LogP contribution < -0.4 is 4.90 Å². The van der Waals surface area contributed by atoms with Crippen LogP contribution in [0, 0.1) is 6.92 Å². The number of esters is 1. The van der Waals surface area contributed by atoms with E-state index < -0.39 is 0 Å². The zero-order valence-corrected chi connectivity index (χ0v) is 14.2. The van der Waals surface area contributed by atoms with Gasteiger partial charge in [0.1, 0.15) is 17.7 Å². The first kappa shape index (κ1) is 16.7. The molecular formula is C16H26N4O2. The summed E-state index contributed by atoms with van der Waals surface area (Å²) < 4.78 is 4.82. The maximum Gasteiger partial charge on any atom is 0.322 e. The topological polar surface area (TPSA) is 58.6 Å². The van der Waals surface area contributed by atoms with Gasteiger partial charge in [0, 0.05) is 43.9 Å². The highest BCUT2D eigenvalue weighted by molar-refractivity contribution is 5.75. The number of aryl methyl sites for hydroxylation is 1. The molecule has 122 valence electrons. The number of methoxy groups -OCH3 is 1. The fraction of sp³-hybridized carbons (Fsp3) is 0.688. The molecule has 0 aliphatic carbocycles. The molecule has 1 aromatic rings. The standard InChI is InChI=1S/C16H26N4O2/c1-11(2)15-17-12(3)10-14(18-15)20-8-6-19(7-9-20)13(4)16(21)22-5/h10-11,13H,6-9H2,1-5H3. The lowest BCUT2D eigenvalue weighted by molar-refractivity contribution is -0.146. The minimum Gasteiger partial charge on any atom is -0.468 e. The van der Waals surface area contributed by atoms with E-state index in [9.17, 15) is 4.79 Å². The first-order chi connectivity index (χ1) is 10.4. The van der Waals surface area contributed by atoms with Crippen molar-refractivity contribution in [2.45, 2.75) is 39.7 Å². The Kier molecular flexibility index (Phi) is 5.34. The molecule has 6 nitrogen and oxygen atoms in total. The lowest BCUT2D eigenvalue weighted by Gasteiger charge is -2.37. The molecule has 1 saturated heterocycles. The third kappa shape index (κ3) is 3.74. The van der Waals surface area contributed by atoms with E-state index in [0.717, 1.165) is 43.5 Å². The van der Waals surface area contributed by atoms with Crippen molar-refractivity contribution in [3.05, 3.63) is 17.6 Å². The van der Waals surface area contributed by atoms with Crippen LogP contribution in [0.1, 0.15) is 38.2 Å². The number of rotatable bonds is 4. The van der Waals surface area contributed by atoms with Crippen LogP contribution in [-0.2, 0) is 9.53 Å². The molecule has 1 aromatic heterocycles. The predicted octanol–water partition coefficient (Wildman–Crippen LogP) is 1.59. The first-order valence-corrected chi connectivity index (χ1v) is 7.84. The zero-order chi connectivity index (χ0) is 16.3. The number of ether oxygens (including phenoxy) is 1. The van der Waals surface area contributed by atoms with Gasteiger partial charge in [-0.1, -0.05) is 13.8 Å². The van der Waals surface area contributed by atoms with Gasteiger partial charge in [-0.15, -0.1) is 0 Å². The molecule has 0 radical (unpaired) electrons. The average Bonchev–Trinajstić information content (AvgIpc) is 2.53. The van der Waals surface area contributed by atoms with Crippen molar-refractivity contribution in [2.24, 2.45) is 0 Å². The molecule has 1 unspecified atom stereocenters. The van der Waals surface area contributed by atoms with Crippen LogP contribution in [0.5, 0.6) is 0 Å². The Morgan fingerprint density at radius 2 is 1.82 bits per heavy atom. The van der Waals surface area contributed by atoms with Crippen molar-refractivity contribution in [1.82, 2.24) is 14.9 Å². The Morgan fingerprint density at radius 3 is 2.36 bits per heavy atom. The minimum atomic E-state index is -0.189. The van der Waals surface area contributed by atoms with E-state index in [1.165, 1.54) is 7.11 Å². The Labute approximate surface area is 132 Å². The molecule has 1 atom stereocenters. The summed E-state index contributed by atoms with van der Waals surface area (Å²) in [5.74, 6) is 2.02. The zero-order valence-electron chi connectivity index (χ0n) is 14.2. The molecular weight excluding hydrogens is 280 g/mol. The third-order valence-corrected chi connectivity index (χ3v) is 4.10. The van der Waals surface area contributed by atoms with Crippen molar-refractivity contribution in [3.63, 3.8) is 0 Å². The summed E-state index contributed by atoms with van der Waals surface area (Å²) in [7, 11) is 1.44. The number of aromatic nitrogens is 2. The second kappa shape index (κ2) is 7.05. The van der Waals surface area contributed by atoms with Crippen LogP contribution in [0.25, 0.3) is 0 Å². The number of anilines is 1. The number of hydrogen-bond acceptors (Lipinski definition) is 6. The molecule has 0 aromatic carbocycles. The van der Waals surface area contributed by atoms with E-state index in [1.807, 2.05) is 19.9 Å². The van der Waals surface area contributed by atoms with Gasteiger partial charge in [-0.05, 0) is 13.8 Å². The van der Waals surface area contributed by atoms with Gasteiger partial charge < -0.3 is 9.64 Å². The van der Waals surface area contributed by atoms with Crippen molar-refractivity contribution >= 4 is 11.8 Å². The van der Waals surface area contributed by atoms with Gasteiger partial charge in [0.05, 0.1) is 7.11 Å². The molecule has 2 heterocycles. The van der Waals surface area contributed by atoms with E-state index in [1.54, 1.807) is 0 Å². The van der Waals surface area contributed by atoms with Crippen LogP contribution in [0.2, 0.25) is 0 Å². The molecule has 0 saturated carbocycles. The van der Waals surface area contributed by atoms with E-state index >= 15 is 0 Å². The fourth-order valence-corrected chi connectivity index (χ4v) is 2.65. The van der Waals surface area contributed by atoms with Crippen molar-refractivity contribution in [3.8, 4) is 0 Å². The van der Waals surface area contributed by atoms with Gasteiger partial charge in [-0.3, -0.25) is 9.69 Å². The lowest BCUT2D eigenvalue weighted by Crippen LogP contribution is -2.52. The summed E-state index contributed by atoms with van der Waals surface area (Å²) >= 11 is 0. The van der Waals surface area contributed by atoms with Gasteiger partial charge in [0.25, 0.3) is 0 Å². The highest BCUT2D eigenvalue weighted by Gasteiger charge is 2.26. The molecule has 6 heteroatoms. The van der Waals surface area contributed by atoms with Crippen LogP contribution >= 0.6 is 0 Å². The normalized spacial score (nSPS) is 17.6. The average molecular weight is 306 g/mol. The smallest absolute Gasteiger partial charge is 0.322 e. The monoisotopic (exact) mass is 306 g/mol. The third-order valence-electron chi connectivity index (χ3n) is 4.10. The predicted molar refractivity (Wildman–Crippen MR) is 86.1 cm³/mol. The Balaban J connectivity index is 2.04. The number of carbonyl (C=O) groups excluding carboxylic acids is 1. The molecule has 0 N–H and O–H groups in total. The quantitative estimate of drug-likeness (QED) is 0.787. The second-order valence-corrected chi connectivity index (χ2v) is 6.10. The minimum absolute atomic E-state index is 0.173. The number of carbonyl (C=O) groups is 1. The molecule has 22 heavy (non-hydrogen) atoms. The molecule has 2 rings (SSSR count). The first-order valence-electron chi connectivity index (χ1n) is 7.84. The highest BCUT2D eigenvalue weighted by Crippen LogP contribution is 2.19. The summed E-state index contributed by atoms with van der Waals surface area (Å²) in [6, 6.07) is 1.84. The van der Waals surface area contributed by atoms with Crippen LogP contribution in [-0.4, -0.2) is 60.2 Å². The highest BCUT2D eigenvalue weighted by atomic mass is 16.5. The van der Waals surface area contributed by atoms with E-state index in [-0.39, 0.29) is 12.0 Å². The van der Waals surface area contributed by atoms with Gasteiger partial charge >= 0.3 is 5.97 Å². The maximum absolute atomic E-state index is 11.6. The lowest BCUT2D eigenvalue weighted by atomic mass is 10.2. The van der Waals surface area contributed by atoms with E-state index in [2.05, 4.69) is 33.6 Å². The summed E-state index contributed by atoms with van der Waals surface area (Å²) in [6.07, 6.45) is 0. The van der Waals surface area contributed by atoms with Crippen molar-refractivity contribution < 1.29 is 9.53 Å². The second-order valence-electron chi connectivity index (χ2n) is 6.10. The largest absolute Gasteiger partial charge is 0.468 e. The van der Waals surface area contributed by atoms with Crippen molar-refractivity contribution in [1.29, 1.82) is 0 Å². The summed E-state index contributed by atoms with van der Waals surface area (Å²) in [4.78, 5) is 25.2. The number of piperazine rings is 1. The van der Waals surface area contributed by atoms with Crippen LogP contribution in [0.3, 0.4) is 0 Å². The van der Waals surface area contributed by atoms with E-state index in [0.29, 0.717) is 5.92 Å². The van der Waals surface area contributed by atoms with Gasteiger partial charge in [-0.25, -0.2) is 9.97 Å². The molecule has 0 amide bonds. The van der Waals surface area contributed by atoms with Gasteiger partial charge in [0.15, 0.2) is 0 Å². The molecule has 1 fully saturated rings. The molecule has 0 spiro atoms. The van der Waals surface area contributed by atoms with Crippen molar-refractivity contribution in [2.75, 3.05) is 38.2 Å². The Bertz CT molecular complexity index is 525. The van der Waals surface area contributed by atoms with Gasteiger partial charge in [-0.2, -0.15) is 0 Å². The summed E-state index contributed by atoms with van der Waals surface area (Å²) in [6.45, 7) is 11.5. The summed E-state index contributed by atoms with van der Waals surface area (Å²) in [5, 5.41) is 0. The number of hydrogen-bond donors (Lipinski definition) is 0. The summed E-state index contributed by atoms with van der Waals surface area (Å²) in [5.41, 5.74) is 0.999. The Hall–Kier alpha value is -1.69. The maximum atomic E-state index is 11.6. The van der Waals surface area contributed by atoms with Crippen LogP contribution in [0.15, 0.2) is 6.07 Å². The molecule has 1 aliphatic rings. The Morgan fingerprint density at radius 1 is 1.18 bits per heavy atom. The van der Waals surface area contributed by atoms with Gasteiger partial charge in [0.2, 0.25) is 0 Å². The SMILES string of the molecule is COC(=O)C(C)N1CCN(c2cc(C)nc(C(C)C)n2)CC1. The van der Waals surface area contributed by atoms with Crippen LogP contribution in [0.4, 0.5) is 5.82 Å². The van der Waals surface area contributed by atoms with E-state index in [4.69, 9.17) is 4.74 Å². The molecule has 0 bridgehead atoms. The molecule has 1 aliphatic heterocycles.